The topological polar surface area (TPSA) is 96.8 Å². The number of carbonyl (C=O) groups is 3. The molecule has 5 rings (SSSR count). The van der Waals surface area contributed by atoms with E-state index in [0.29, 0.717) is 25.3 Å². The highest BCUT2D eigenvalue weighted by Gasteiger charge is 2.53. The molecule has 0 radical (unpaired) electrons. The third-order valence-corrected chi connectivity index (χ3v) is 7.38. The molecule has 1 saturated carbocycles. The standard InChI is InChI=1S/C26H33N5O4/c1-26(25(34)27-15-18-7-11-20(35-2)12-8-18)16-30-17-28-21(22(30)24(33)31(26)19-9-10-19)23(32)29-13-5-3-4-6-14-29/h7-8,11-12,17,19H,3-6,9-10,13-16H2,1-2H3,(H,27,34). The van der Waals surface area contributed by atoms with Gasteiger partial charge >= 0.3 is 0 Å². The van der Waals surface area contributed by atoms with Crippen molar-refractivity contribution in [1.29, 1.82) is 0 Å². The van der Waals surface area contributed by atoms with Gasteiger partial charge in [-0.2, -0.15) is 0 Å². The summed E-state index contributed by atoms with van der Waals surface area (Å²) >= 11 is 0. The first-order chi connectivity index (χ1) is 16.9. The van der Waals surface area contributed by atoms with E-state index in [-0.39, 0.29) is 36.0 Å². The fourth-order valence-corrected chi connectivity index (χ4v) is 5.25. The van der Waals surface area contributed by atoms with E-state index < -0.39 is 5.54 Å². The fraction of sp³-hybridized carbons (Fsp3) is 0.538. The number of carbonyl (C=O) groups excluding carboxylic acids is 3. The Hall–Kier alpha value is -3.36. The Morgan fingerprint density at radius 1 is 1.11 bits per heavy atom. The molecule has 2 aromatic rings. The van der Waals surface area contributed by atoms with Crippen LogP contribution in [0.5, 0.6) is 5.75 Å². The monoisotopic (exact) mass is 479 g/mol. The van der Waals surface area contributed by atoms with Crippen molar-refractivity contribution in [2.24, 2.45) is 0 Å². The molecule has 0 spiro atoms. The average Bonchev–Trinajstić information content (AvgIpc) is 3.65. The first-order valence-electron chi connectivity index (χ1n) is 12.5. The van der Waals surface area contributed by atoms with Gasteiger partial charge in [-0.15, -0.1) is 0 Å². The second kappa shape index (κ2) is 9.36. The molecule has 1 saturated heterocycles. The van der Waals surface area contributed by atoms with E-state index in [9.17, 15) is 14.4 Å². The van der Waals surface area contributed by atoms with Gasteiger partial charge in [0.2, 0.25) is 5.91 Å². The normalized spacial score (nSPS) is 22.4. The van der Waals surface area contributed by atoms with Gasteiger partial charge in [0.15, 0.2) is 5.69 Å². The summed E-state index contributed by atoms with van der Waals surface area (Å²) in [6.45, 7) is 3.81. The van der Waals surface area contributed by atoms with E-state index in [1.807, 2.05) is 36.1 Å². The number of nitrogens with one attached hydrogen (secondary N) is 1. The van der Waals surface area contributed by atoms with Gasteiger partial charge < -0.3 is 24.4 Å². The van der Waals surface area contributed by atoms with Gasteiger partial charge in [0.25, 0.3) is 11.8 Å². The Labute approximate surface area is 205 Å². The number of hydrogen-bond donors (Lipinski definition) is 1. The van der Waals surface area contributed by atoms with Crippen LogP contribution >= 0.6 is 0 Å². The van der Waals surface area contributed by atoms with Gasteiger partial charge in [0.05, 0.1) is 20.0 Å². The number of benzene rings is 1. The zero-order valence-electron chi connectivity index (χ0n) is 20.5. The minimum absolute atomic E-state index is 0.00373. The lowest BCUT2D eigenvalue weighted by atomic mass is 9.93. The number of aromatic nitrogens is 2. The number of rotatable bonds is 6. The van der Waals surface area contributed by atoms with Crippen LogP contribution in [0.3, 0.4) is 0 Å². The summed E-state index contributed by atoms with van der Waals surface area (Å²) in [5, 5.41) is 3.02. The number of amides is 3. The number of hydrogen-bond acceptors (Lipinski definition) is 5. The van der Waals surface area contributed by atoms with Crippen LogP contribution in [0.25, 0.3) is 0 Å². The fourth-order valence-electron chi connectivity index (χ4n) is 5.25. The van der Waals surface area contributed by atoms with Crippen LogP contribution < -0.4 is 10.1 Å². The summed E-state index contributed by atoms with van der Waals surface area (Å²) in [5.74, 6) is 0.0742. The van der Waals surface area contributed by atoms with Crippen LogP contribution in [0.4, 0.5) is 0 Å². The van der Waals surface area contributed by atoms with Crippen LogP contribution in [-0.4, -0.2) is 68.9 Å². The molecule has 1 aromatic carbocycles. The van der Waals surface area contributed by atoms with Crippen LogP contribution in [0.1, 0.15) is 72.0 Å². The highest BCUT2D eigenvalue weighted by molar-refractivity contribution is 6.07. The van der Waals surface area contributed by atoms with E-state index >= 15 is 0 Å². The molecular formula is C26H33N5O4. The molecule has 35 heavy (non-hydrogen) atoms. The second-order valence-corrected chi connectivity index (χ2v) is 9.99. The summed E-state index contributed by atoms with van der Waals surface area (Å²) in [6.07, 6.45) is 7.42. The van der Waals surface area contributed by atoms with Crippen molar-refractivity contribution in [3.05, 3.63) is 47.5 Å². The van der Waals surface area contributed by atoms with Crippen molar-refractivity contribution in [2.75, 3.05) is 20.2 Å². The molecule has 1 unspecified atom stereocenters. The van der Waals surface area contributed by atoms with Crippen molar-refractivity contribution >= 4 is 17.7 Å². The van der Waals surface area contributed by atoms with Gasteiger partial charge in [-0.05, 0) is 50.3 Å². The smallest absolute Gasteiger partial charge is 0.274 e. The molecule has 9 nitrogen and oxygen atoms in total. The van der Waals surface area contributed by atoms with E-state index in [4.69, 9.17) is 4.74 Å². The Bertz CT molecular complexity index is 1120. The third-order valence-electron chi connectivity index (χ3n) is 7.38. The molecule has 186 valence electrons. The summed E-state index contributed by atoms with van der Waals surface area (Å²) in [5.41, 5.74) is 0.396. The quantitative estimate of drug-likeness (QED) is 0.687. The van der Waals surface area contributed by atoms with E-state index in [2.05, 4.69) is 10.3 Å². The van der Waals surface area contributed by atoms with Crippen molar-refractivity contribution < 1.29 is 19.1 Å². The maximum atomic E-state index is 13.8. The van der Waals surface area contributed by atoms with E-state index in [1.165, 1.54) is 6.33 Å². The lowest BCUT2D eigenvalue weighted by Gasteiger charge is -2.44. The molecule has 2 fully saturated rings. The molecular weight excluding hydrogens is 446 g/mol. The highest BCUT2D eigenvalue weighted by Crippen LogP contribution is 2.39. The summed E-state index contributed by atoms with van der Waals surface area (Å²) in [4.78, 5) is 48.5. The van der Waals surface area contributed by atoms with Crippen molar-refractivity contribution in [2.45, 2.75) is 70.1 Å². The Morgan fingerprint density at radius 3 is 2.43 bits per heavy atom. The molecule has 1 N–H and O–H groups in total. The average molecular weight is 480 g/mol. The summed E-state index contributed by atoms with van der Waals surface area (Å²) < 4.78 is 6.89. The van der Waals surface area contributed by atoms with Gasteiger partial charge in [-0.1, -0.05) is 25.0 Å². The lowest BCUT2D eigenvalue weighted by molar-refractivity contribution is -0.133. The first kappa shape index (κ1) is 23.4. The Kier molecular flexibility index (Phi) is 6.25. The van der Waals surface area contributed by atoms with Gasteiger partial charge in [0, 0.05) is 25.7 Å². The van der Waals surface area contributed by atoms with Crippen LogP contribution in [0.15, 0.2) is 30.6 Å². The zero-order chi connectivity index (χ0) is 24.6. The predicted octanol–water partition coefficient (Wildman–Crippen LogP) is 2.60. The number of likely N-dealkylation sites (tertiary alicyclic amines) is 1. The minimum atomic E-state index is -1.07. The molecule has 1 aromatic heterocycles. The van der Waals surface area contributed by atoms with Crippen LogP contribution in [0, 0.1) is 0 Å². The molecule has 1 aliphatic carbocycles. The predicted molar refractivity (Wildman–Crippen MR) is 129 cm³/mol. The highest BCUT2D eigenvalue weighted by atomic mass is 16.5. The number of imidazole rings is 1. The van der Waals surface area contributed by atoms with Gasteiger partial charge in [-0.25, -0.2) is 4.98 Å². The zero-order valence-corrected chi connectivity index (χ0v) is 20.5. The van der Waals surface area contributed by atoms with Crippen molar-refractivity contribution in [1.82, 2.24) is 24.7 Å². The number of methoxy groups -OCH3 is 1. The van der Waals surface area contributed by atoms with Crippen LogP contribution in [0.2, 0.25) is 0 Å². The summed E-state index contributed by atoms with van der Waals surface area (Å²) in [7, 11) is 1.61. The maximum absolute atomic E-state index is 13.8. The maximum Gasteiger partial charge on any atom is 0.274 e. The van der Waals surface area contributed by atoms with E-state index in [1.54, 1.807) is 16.6 Å². The molecule has 9 heteroatoms. The molecule has 3 amide bonds. The third kappa shape index (κ3) is 4.39. The van der Waals surface area contributed by atoms with Gasteiger partial charge in [0.1, 0.15) is 17.0 Å². The van der Waals surface area contributed by atoms with Crippen molar-refractivity contribution in [3.63, 3.8) is 0 Å². The number of nitrogens with zero attached hydrogens (tertiary/aromatic N) is 4. The molecule has 0 bridgehead atoms. The largest absolute Gasteiger partial charge is 0.497 e. The molecule has 3 heterocycles. The number of ether oxygens (including phenoxy) is 1. The first-order valence-corrected chi connectivity index (χ1v) is 12.5. The van der Waals surface area contributed by atoms with Crippen LogP contribution in [-0.2, 0) is 17.9 Å². The van der Waals surface area contributed by atoms with Crippen molar-refractivity contribution in [3.8, 4) is 5.75 Å². The Morgan fingerprint density at radius 2 is 1.80 bits per heavy atom. The lowest BCUT2D eigenvalue weighted by Crippen LogP contribution is -2.64. The second-order valence-electron chi connectivity index (χ2n) is 9.99. The molecule has 2 aliphatic heterocycles. The van der Waals surface area contributed by atoms with E-state index in [0.717, 1.165) is 49.8 Å². The van der Waals surface area contributed by atoms with Gasteiger partial charge in [-0.3, -0.25) is 14.4 Å². The number of fused-ring (bicyclic) bond motifs is 1. The SMILES string of the molecule is COc1ccc(CNC(=O)C2(C)Cn3cnc(C(=O)N4CCCCCC4)c3C(=O)N2C2CC2)cc1. The Balaban J connectivity index is 1.38. The summed E-state index contributed by atoms with van der Waals surface area (Å²) in [6, 6.07) is 7.51. The minimum Gasteiger partial charge on any atom is -0.497 e. The molecule has 1 atom stereocenters. The molecule has 3 aliphatic rings.